The van der Waals surface area contributed by atoms with Crippen molar-refractivity contribution in [1.29, 1.82) is 0 Å². The maximum Gasteiger partial charge on any atom is 0.244 e. The van der Waals surface area contributed by atoms with Gasteiger partial charge in [-0.25, -0.2) is 8.42 Å². The Bertz CT molecular complexity index is 1070. The van der Waals surface area contributed by atoms with Crippen molar-refractivity contribution in [3.63, 3.8) is 0 Å². The van der Waals surface area contributed by atoms with E-state index in [1.54, 1.807) is 43.3 Å². The number of sulfonamides is 1. The van der Waals surface area contributed by atoms with Crippen molar-refractivity contribution in [2.75, 3.05) is 24.2 Å². The van der Waals surface area contributed by atoms with Gasteiger partial charge in [-0.15, -0.1) is 0 Å². The van der Waals surface area contributed by atoms with Crippen LogP contribution in [0.15, 0.2) is 42.5 Å². The van der Waals surface area contributed by atoms with E-state index in [2.05, 4.69) is 5.32 Å². The van der Waals surface area contributed by atoms with E-state index in [-0.39, 0.29) is 12.5 Å². The third-order valence-corrected chi connectivity index (χ3v) is 6.75. The summed E-state index contributed by atoms with van der Waals surface area (Å²) in [5, 5.41) is 3.15. The molecule has 2 rings (SSSR count). The van der Waals surface area contributed by atoms with Gasteiger partial charge >= 0.3 is 0 Å². The molecule has 0 heterocycles. The summed E-state index contributed by atoms with van der Waals surface area (Å²) in [5.74, 6) is -0.786. The molecule has 2 aromatic carbocycles. The Morgan fingerprint density at radius 3 is 2.19 bits per heavy atom. The third kappa shape index (κ3) is 6.46. The second kappa shape index (κ2) is 10.8. The topological polar surface area (TPSA) is 86.8 Å². The maximum atomic E-state index is 13.4. The average Bonchev–Trinajstić information content (AvgIpc) is 2.74. The second-order valence-electron chi connectivity index (χ2n) is 7.72. The third-order valence-electron chi connectivity index (χ3n) is 5.36. The second-order valence-corrected chi connectivity index (χ2v) is 10.1. The minimum atomic E-state index is -3.75. The normalized spacial score (nSPS) is 12.2. The fraction of sp³-hybridized carbons (Fsp3) is 0.391. The largest absolute Gasteiger partial charge is 0.357 e. The lowest BCUT2D eigenvalue weighted by Crippen LogP contribution is -2.51. The van der Waals surface area contributed by atoms with Crippen molar-refractivity contribution in [1.82, 2.24) is 10.2 Å². The molecule has 0 radical (unpaired) electrons. The van der Waals surface area contributed by atoms with Crippen molar-refractivity contribution < 1.29 is 18.0 Å². The summed E-state index contributed by atoms with van der Waals surface area (Å²) < 4.78 is 26.2. The number of nitrogens with zero attached hydrogens (tertiary/aromatic N) is 2. The molecule has 9 heteroatoms. The van der Waals surface area contributed by atoms with E-state index >= 15 is 0 Å². The molecule has 0 aliphatic carbocycles. The molecule has 7 nitrogen and oxygen atoms in total. The van der Waals surface area contributed by atoms with E-state index in [1.807, 2.05) is 19.9 Å². The van der Waals surface area contributed by atoms with Gasteiger partial charge in [-0.05, 0) is 61.2 Å². The number of hydrogen-bond acceptors (Lipinski definition) is 4. The molecule has 1 N–H and O–H groups in total. The first-order chi connectivity index (χ1) is 15.0. The van der Waals surface area contributed by atoms with Gasteiger partial charge in [0, 0.05) is 18.6 Å². The van der Waals surface area contributed by atoms with Crippen LogP contribution in [0.5, 0.6) is 0 Å². The minimum absolute atomic E-state index is 0.145. The molecular weight excluding hydrogens is 450 g/mol. The van der Waals surface area contributed by atoms with E-state index in [4.69, 9.17) is 11.6 Å². The zero-order valence-electron chi connectivity index (χ0n) is 19.1. The van der Waals surface area contributed by atoms with Gasteiger partial charge in [0.15, 0.2) is 0 Å². The number of benzene rings is 2. The van der Waals surface area contributed by atoms with E-state index < -0.39 is 28.5 Å². The lowest BCUT2D eigenvalue weighted by atomic mass is 10.1. The number of halogens is 1. The number of aryl methyl sites for hydroxylation is 2. The SMILES string of the molecule is CC[C@@H](C(=O)NC)N(Cc1ccc(Cl)cc1)C(=O)CN(c1ccc(C)c(C)c1)S(C)(=O)=O. The number of carbonyl (C=O) groups is 2. The van der Waals surface area contributed by atoms with Gasteiger partial charge in [-0.3, -0.25) is 13.9 Å². The number of nitrogens with one attached hydrogen (secondary N) is 1. The lowest BCUT2D eigenvalue weighted by Gasteiger charge is -2.32. The highest BCUT2D eigenvalue weighted by Crippen LogP contribution is 2.22. The first kappa shape index (κ1) is 25.7. The number of anilines is 1. The Hall–Kier alpha value is -2.58. The Morgan fingerprint density at radius 1 is 1.06 bits per heavy atom. The van der Waals surface area contributed by atoms with Crippen molar-refractivity contribution in [2.24, 2.45) is 0 Å². The van der Waals surface area contributed by atoms with Crippen LogP contribution in [0.4, 0.5) is 5.69 Å². The Labute approximate surface area is 195 Å². The lowest BCUT2D eigenvalue weighted by molar-refractivity contribution is -0.140. The molecule has 174 valence electrons. The van der Waals surface area contributed by atoms with Crippen LogP contribution in [0.1, 0.15) is 30.0 Å². The van der Waals surface area contributed by atoms with Crippen LogP contribution in [-0.4, -0.2) is 51.0 Å². The van der Waals surface area contributed by atoms with Crippen molar-refractivity contribution >= 4 is 39.1 Å². The fourth-order valence-electron chi connectivity index (χ4n) is 3.37. The predicted molar refractivity (Wildman–Crippen MR) is 128 cm³/mol. The Balaban J connectivity index is 2.43. The van der Waals surface area contributed by atoms with Crippen LogP contribution in [0.2, 0.25) is 5.02 Å². The summed E-state index contributed by atoms with van der Waals surface area (Å²) in [4.78, 5) is 27.4. The summed E-state index contributed by atoms with van der Waals surface area (Å²) in [6.07, 6.45) is 1.44. The maximum absolute atomic E-state index is 13.4. The molecule has 0 saturated heterocycles. The molecule has 0 bridgehead atoms. The minimum Gasteiger partial charge on any atom is -0.357 e. The van der Waals surface area contributed by atoms with Gasteiger partial charge in [0.1, 0.15) is 12.6 Å². The first-order valence-corrected chi connectivity index (χ1v) is 12.5. The summed E-state index contributed by atoms with van der Waals surface area (Å²) in [7, 11) is -2.24. The zero-order valence-corrected chi connectivity index (χ0v) is 20.6. The summed E-state index contributed by atoms with van der Waals surface area (Å²) in [6, 6.07) is 11.5. The fourth-order valence-corrected chi connectivity index (χ4v) is 4.33. The molecule has 0 aliphatic heterocycles. The molecule has 2 amide bonds. The summed E-state index contributed by atoms with van der Waals surface area (Å²) >= 11 is 5.97. The Kier molecular flexibility index (Phi) is 8.69. The van der Waals surface area contributed by atoms with E-state index in [0.717, 1.165) is 27.3 Å². The molecule has 0 unspecified atom stereocenters. The molecular formula is C23H30ClN3O4S. The van der Waals surface area contributed by atoms with Gasteiger partial charge in [-0.1, -0.05) is 36.7 Å². The van der Waals surface area contributed by atoms with Crippen LogP contribution in [-0.2, 0) is 26.2 Å². The van der Waals surface area contributed by atoms with Crippen LogP contribution in [0.25, 0.3) is 0 Å². The predicted octanol–water partition coefficient (Wildman–Crippen LogP) is 3.28. The van der Waals surface area contributed by atoms with E-state index in [1.165, 1.54) is 11.9 Å². The number of amides is 2. The standard InChI is InChI=1S/C23H30ClN3O4S/c1-6-21(23(29)25-4)26(14-18-8-10-19(24)11-9-18)22(28)15-27(32(5,30)31)20-12-7-16(2)17(3)13-20/h7-13,21H,6,14-15H2,1-5H3,(H,25,29)/t21-/m0/s1. The van der Waals surface area contributed by atoms with Gasteiger partial charge in [0.25, 0.3) is 0 Å². The van der Waals surface area contributed by atoms with Gasteiger partial charge < -0.3 is 10.2 Å². The highest BCUT2D eigenvalue weighted by atomic mass is 35.5. The molecule has 0 fully saturated rings. The van der Waals surface area contributed by atoms with Gasteiger partial charge in [-0.2, -0.15) is 0 Å². The molecule has 0 spiro atoms. The highest BCUT2D eigenvalue weighted by Gasteiger charge is 2.31. The molecule has 2 aromatic rings. The smallest absolute Gasteiger partial charge is 0.244 e. The number of rotatable bonds is 9. The number of carbonyl (C=O) groups excluding carboxylic acids is 2. The van der Waals surface area contributed by atoms with Crippen LogP contribution >= 0.6 is 11.6 Å². The molecule has 0 aromatic heterocycles. The average molecular weight is 480 g/mol. The van der Waals surface area contributed by atoms with Crippen molar-refractivity contribution in [3.05, 3.63) is 64.2 Å². The zero-order chi connectivity index (χ0) is 24.1. The van der Waals surface area contributed by atoms with E-state index in [9.17, 15) is 18.0 Å². The Morgan fingerprint density at radius 2 is 1.69 bits per heavy atom. The van der Waals surface area contributed by atoms with Gasteiger partial charge in [0.2, 0.25) is 21.8 Å². The van der Waals surface area contributed by atoms with Crippen LogP contribution < -0.4 is 9.62 Å². The van der Waals surface area contributed by atoms with Crippen molar-refractivity contribution in [3.8, 4) is 0 Å². The number of hydrogen-bond donors (Lipinski definition) is 1. The van der Waals surface area contributed by atoms with Gasteiger partial charge in [0.05, 0.1) is 11.9 Å². The molecule has 1 atom stereocenters. The molecule has 0 aliphatic rings. The van der Waals surface area contributed by atoms with Crippen LogP contribution in [0.3, 0.4) is 0 Å². The first-order valence-electron chi connectivity index (χ1n) is 10.3. The number of likely N-dealkylation sites (N-methyl/N-ethyl adjacent to an activating group) is 1. The monoisotopic (exact) mass is 479 g/mol. The van der Waals surface area contributed by atoms with Crippen molar-refractivity contribution in [2.45, 2.75) is 39.8 Å². The quantitative estimate of drug-likeness (QED) is 0.598. The summed E-state index contributed by atoms with van der Waals surface area (Å²) in [5.41, 5.74) is 3.12. The highest BCUT2D eigenvalue weighted by molar-refractivity contribution is 7.92. The van der Waals surface area contributed by atoms with E-state index in [0.29, 0.717) is 17.1 Å². The molecule has 32 heavy (non-hydrogen) atoms. The molecule has 0 saturated carbocycles. The summed E-state index contributed by atoms with van der Waals surface area (Å²) in [6.45, 7) is 5.35. The van der Waals surface area contributed by atoms with Crippen LogP contribution in [0, 0.1) is 13.8 Å².